The summed E-state index contributed by atoms with van der Waals surface area (Å²) in [5, 5.41) is 4.45. The quantitative estimate of drug-likeness (QED) is 0.786. The van der Waals surface area contributed by atoms with Gasteiger partial charge in [0, 0.05) is 37.6 Å². The van der Waals surface area contributed by atoms with Crippen LogP contribution in [0, 0.1) is 0 Å². The van der Waals surface area contributed by atoms with Crippen molar-refractivity contribution in [2.75, 3.05) is 18.0 Å². The zero-order chi connectivity index (χ0) is 11.7. The van der Waals surface area contributed by atoms with Crippen molar-refractivity contribution in [1.82, 2.24) is 9.78 Å². The van der Waals surface area contributed by atoms with E-state index in [0.29, 0.717) is 0 Å². The Morgan fingerprint density at radius 1 is 1.12 bits per heavy atom. The summed E-state index contributed by atoms with van der Waals surface area (Å²) >= 11 is 0. The zero-order valence-electron chi connectivity index (χ0n) is 10.1. The van der Waals surface area contributed by atoms with Crippen molar-refractivity contribution < 1.29 is 0 Å². The van der Waals surface area contributed by atoms with Crippen LogP contribution < -0.4 is 4.90 Å². The Labute approximate surface area is 102 Å². The van der Waals surface area contributed by atoms with Crippen LogP contribution in [0.3, 0.4) is 0 Å². The first-order valence-electron chi connectivity index (χ1n) is 6.18. The summed E-state index contributed by atoms with van der Waals surface area (Å²) in [4.78, 5) is 2.45. The molecule has 3 rings (SSSR count). The molecule has 1 fully saturated rings. The fourth-order valence-corrected chi connectivity index (χ4v) is 2.41. The van der Waals surface area contributed by atoms with Crippen LogP contribution in [0.5, 0.6) is 0 Å². The van der Waals surface area contributed by atoms with Crippen LogP contribution in [0.25, 0.3) is 11.3 Å². The van der Waals surface area contributed by atoms with Gasteiger partial charge < -0.3 is 4.90 Å². The Morgan fingerprint density at radius 3 is 2.65 bits per heavy atom. The van der Waals surface area contributed by atoms with Crippen molar-refractivity contribution in [3.8, 4) is 11.3 Å². The highest BCUT2D eigenvalue weighted by molar-refractivity contribution is 5.65. The molecule has 0 spiro atoms. The molecule has 3 nitrogen and oxygen atoms in total. The van der Waals surface area contributed by atoms with Crippen LogP contribution in [0.2, 0.25) is 0 Å². The van der Waals surface area contributed by atoms with Gasteiger partial charge in [0.1, 0.15) is 0 Å². The predicted octanol–water partition coefficient (Wildman–Crippen LogP) is 2.69. The lowest BCUT2D eigenvalue weighted by molar-refractivity contribution is 0.771. The van der Waals surface area contributed by atoms with Gasteiger partial charge in [0.15, 0.2) is 0 Å². The number of anilines is 1. The molecule has 1 aromatic carbocycles. The second kappa shape index (κ2) is 4.24. The molecule has 0 amide bonds. The van der Waals surface area contributed by atoms with Gasteiger partial charge in [-0.3, -0.25) is 4.68 Å². The number of nitrogens with zero attached hydrogens (tertiary/aromatic N) is 3. The minimum Gasteiger partial charge on any atom is -0.372 e. The number of aromatic nitrogens is 2. The van der Waals surface area contributed by atoms with Crippen LogP contribution in [0.1, 0.15) is 12.8 Å². The zero-order valence-corrected chi connectivity index (χ0v) is 10.1. The minimum absolute atomic E-state index is 1.05. The number of hydrogen-bond acceptors (Lipinski definition) is 2. The molecule has 0 unspecified atom stereocenters. The molecule has 3 heteroatoms. The SMILES string of the molecule is Cn1ccc(-c2cccc(N3CCCC3)c2)n1. The highest BCUT2D eigenvalue weighted by Crippen LogP contribution is 2.25. The molecule has 88 valence electrons. The second-order valence-electron chi connectivity index (χ2n) is 4.62. The highest BCUT2D eigenvalue weighted by atomic mass is 15.2. The Bertz CT molecular complexity index is 510. The van der Waals surface area contributed by atoms with Gasteiger partial charge in [0.2, 0.25) is 0 Å². The Hall–Kier alpha value is -1.77. The molecular formula is C14H17N3. The summed E-state index contributed by atoms with van der Waals surface area (Å²) in [6.45, 7) is 2.37. The number of benzene rings is 1. The van der Waals surface area contributed by atoms with Crippen LogP contribution >= 0.6 is 0 Å². The van der Waals surface area contributed by atoms with Crippen LogP contribution in [-0.2, 0) is 7.05 Å². The molecule has 1 aromatic heterocycles. The molecule has 1 saturated heterocycles. The minimum atomic E-state index is 1.05. The average molecular weight is 227 g/mol. The molecule has 2 heterocycles. The van der Waals surface area contributed by atoms with Gasteiger partial charge >= 0.3 is 0 Å². The number of rotatable bonds is 2. The van der Waals surface area contributed by atoms with E-state index in [9.17, 15) is 0 Å². The van der Waals surface area contributed by atoms with Gasteiger partial charge in [-0.15, -0.1) is 0 Å². The van der Waals surface area contributed by atoms with E-state index < -0.39 is 0 Å². The Morgan fingerprint density at radius 2 is 1.94 bits per heavy atom. The van der Waals surface area contributed by atoms with Gasteiger partial charge in [-0.1, -0.05) is 12.1 Å². The summed E-state index contributed by atoms with van der Waals surface area (Å²) in [5.41, 5.74) is 3.58. The largest absolute Gasteiger partial charge is 0.372 e. The first-order valence-corrected chi connectivity index (χ1v) is 6.18. The summed E-state index contributed by atoms with van der Waals surface area (Å²) in [6.07, 6.45) is 4.61. The highest BCUT2D eigenvalue weighted by Gasteiger charge is 2.12. The maximum atomic E-state index is 4.45. The van der Waals surface area contributed by atoms with Crippen LogP contribution in [0.4, 0.5) is 5.69 Å². The fourth-order valence-electron chi connectivity index (χ4n) is 2.41. The van der Waals surface area contributed by atoms with Crippen LogP contribution in [0.15, 0.2) is 36.5 Å². The van der Waals surface area contributed by atoms with E-state index in [1.807, 2.05) is 17.9 Å². The van der Waals surface area contributed by atoms with Crippen molar-refractivity contribution in [3.05, 3.63) is 36.5 Å². The van der Waals surface area contributed by atoms with Gasteiger partial charge in [-0.2, -0.15) is 5.10 Å². The standard InChI is InChI=1S/C14H17N3/c1-16-10-7-14(15-16)12-5-4-6-13(11-12)17-8-2-3-9-17/h4-7,10-11H,2-3,8-9H2,1H3. The van der Waals surface area contributed by atoms with Crippen molar-refractivity contribution in [2.45, 2.75) is 12.8 Å². The van der Waals surface area contributed by atoms with E-state index in [2.05, 4.69) is 40.3 Å². The predicted molar refractivity (Wildman–Crippen MR) is 70.1 cm³/mol. The summed E-state index contributed by atoms with van der Waals surface area (Å²) in [5.74, 6) is 0. The van der Waals surface area contributed by atoms with E-state index in [1.165, 1.54) is 37.2 Å². The Kier molecular flexibility index (Phi) is 2.59. The maximum absolute atomic E-state index is 4.45. The number of hydrogen-bond donors (Lipinski definition) is 0. The monoisotopic (exact) mass is 227 g/mol. The lowest BCUT2D eigenvalue weighted by Gasteiger charge is -2.17. The van der Waals surface area contributed by atoms with E-state index in [-0.39, 0.29) is 0 Å². The van der Waals surface area contributed by atoms with Gasteiger partial charge in [-0.25, -0.2) is 0 Å². The third kappa shape index (κ3) is 2.05. The fraction of sp³-hybridized carbons (Fsp3) is 0.357. The van der Waals surface area contributed by atoms with E-state index in [4.69, 9.17) is 0 Å². The topological polar surface area (TPSA) is 21.1 Å². The lowest BCUT2D eigenvalue weighted by Crippen LogP contribution is -2.17. The van der Waals surface area contributed by atoms with Gasteiger partial charge in [0.25, 0.3) is 0 Å². The Balaban J connectivity index is 1.93. The molecule has 0 bridgehead atoms. The second-order valence-corrected chi connectivity index (χ2v) is 4.62. The molecule has 0 atom stereocenters. The molecular weight excluding hydrogens is 210 g/mol. The third-order valence-electron chi connectivity index (χ3n) is 3.33. The number of aryl methyl sites for hydroxylation is 1. The van der Waals surface area contributed by atoms with Crippen molar-refractivity contribution in [2.24, 2.45) is 7.05 Å². The average Bonchev–Trinajstić information content (AvgIpc) is 3.00. The third-order valence-corrected chi connectivity index (χ3v) is 3.33. The molecule has 2 aromatic rings. The molecule has 0 saturated carbocycles. The lowest BCUT2D eigenvalue weighted by atomic mass is 10.1. The van der Waals surface area contributed by atoms with Gasteiger partial charge in [-0.05, 0) is 31.0 Å². The summed E-state index contributed by atoms with van der Waals surface area (Å²) < 4.78 is 1.85. The van der Waals surface area contributed by atoms with E-state index >= 15 is 0 Å². The van der Waals surface area contributed by atoms with Gasteiger partial charge in [0.05, 0.1) is 5.69 Å². The van der Waals surface area contributed by atoms with Crippen molar-refractivity contribution in [3.63, 3.8) is 0 Å². The molecule has 0 aliphatic carbocycles. The first kappa shape index (κ1) is 10.4. The maximum Gasteiger partial charge on any atom is 0.0923 e. The molecule has 17 heavy (non-hydrogen) atoms. The smallest absolute Gasteiger partial charge is 0.0923 e. The summed E-state index contributed by atoms with van der Waals surface area (Å²) in [7, 11) is 1.95. The molecule has 1 aliphatic heterocycles. The van der Waals surface area contributed by atoms with E-state index in [0.717, 1.165) is 5.69 Å². The molecule has 0 radical (unpaired) electrons. The normalized spacial score (nSPS) is 15.5. The van der Waals surface area contributed by atoms with E-state index in [1.54, 1.807) is 0 Å². The molecule has 1 aliphatic rings. The van der Waals surface area contributed by atoms with Crippen LogP contribution in [-0.4, -0.2) is 22.9 Å². The van der Waals surface area contributed by atoms with Crippen molar-refractivity contribution >= 4 is 5.69 Å². The first-order chi connectivity index (χ1) is 8.33. The molecule has 0 N–H and O–H groups in total. The van der Waals surface area contributed by atoms with Crippen molar-refractivity contribution in [1.29, 1.82) is 0 Å². The summed E-state index contributed by atoms with van der Waals surface area (Å²) in [6, 6.07) is 10.7.